The van der Waals surface area contributed by atoms with Crippen LogP contribution < -0.4 is 5.32 Å². The Bertz CT molecular complexity index is 1440. The van der Waals surface area contributed by atoms with Crippen LogP contribution in [0.15, 0.2) is 60.9 Å². The summed E-state index contributed by atoms with van der Waals surface area (Å²) in [6.45, 7) is 7.63. The molecule has 1 saturated heterocycles. The van der Waals surface area contributed by atoms with Gasteiger partial charge in [0.2, 0.25) is 5.91 Å². The van der Waals surface area contributed by atoms with Crippen LogP contribution in [0.2, 0.25) is 0 Å². The van der Waals surface area contributed by atoms with Gasteiger partial charge in [0, 0.05) is 50.4 Å². The Kier molecular flexibility index (Phi) is 7.04. The Balaban J connectivity index is 1.58. The lowest BCUT2D eigenvalue weighted by Gasteiger charge is -2.34. The number of nitrogens with one attached hydrogen (secondary N) is 1. The zero-order chi connectivity index (χ0) is 25.9. The van der Waals surface area contributed by atoms with Gasteiger partial charge in [-0.3, -0.25) is 14.6 Å². The lowest BCUT2D eigenvalue weighted by Crippen LogP contribution is -2.39. The summed E-state index contributed by atoms with van der Waals surface area (Å²) in [6, 6.07) is 16.1. The van der Waals surface area contributed by atoms with Gasteiger partial charge < -0.3 is 14.8 Å². The van der Waals surface area contributed by atoms with Crippen molar-refractivity contribution in [1.82, 2.24) is 19.4 Å². The average Bonchev–Trinajstić information content (AvgIpc) is 3.25. The molecule has 190 valence electrons. The van der Waals surface area contributed by atoms with Gasteiger partial charge in [-0.15, -0.1) is 0 Å². The molecule has 0 spiro atoms. The van der Waals surface area contributed by atoms with Crippen molar-refractivity contribution in [2.75, 3.05) is 18.4 Å². The number of likely N-dealkylation sites (tertiary alicyclic amines) is 1. The Hall–Kier alpha value is -4.00. The molecule has 2 amide bonds. The van der Waals surface area contributed by atoms with Gasteiger partial charge in [0.25, 0.3) is 5.91 Å². The molecule has 37 heavy (non-hydrogen) atoms. The van der Waals surface area contributed by atoms with E-state index in [0.717, 1.165) is 36.2 Å². The smallest absolute Gasteiger partial charge is 0.256 e. The molecule has 1 N–H and O–H groups in total. The van der Waals surface area contributed by atoms with Gasteiger partial charge in [0.15, 0.2) is 0 Å². The fraction of sp³-hybridized carbons (Fsp3) is 0.333. The molecule has 4 aromatic rings. The molecule has 2 aromatic heterocycles. The Labute approximate surface area is 217 Å². The molecule has 1 aliphatic heterocycles. The number of aryl methyl sites for hydroxylation is 2. The van der Waals surface area contributed by atoms with E-state index >= 15 is 0 Å². The van der Waals surface area contributed by atoms with Crippen LogP contribution in [0.3, 0.4) is 0 Å². The van der Waals surface area contributed by atoms with Crippen molar-refractivity contribution in [2.45, 2.75) is 52.5 Å². The van der Waals surface area contributed by atoms with Crippen LogP contribution in [-0.4, -0.2) is 44.3 Å². The summed E-state index contributed by atoms with van der Waals surface area (Å²) in [7, 11) is 0. The number of nitrogens with zero attached hydrogens (tertiary/aromatic N) is 4. The third-order valence-corrected chi connectivity index (χ3v) is 7.19. The minimum atomic E-state index is -0.180. The van der Waals surface area contributed by atoms with E-state index in [9.17, 15) is 9.59 Å². The number of imidazole rings is 1. The quantitative estimate of drug-likeness (QED) is 0.392. The number of aromatic nitrogens is 3. The highest BCUT2D eigenvalue weighted by Crippen LogP contribution is 2.32. The highest BCUT2D eigenvalue weighted by molar-refractivity contribution is 6.07. The van der Waals surface area contributed by atoms with Crippen molar-refractivity contribution in [3.8, 4) is 0 Å². The molecular formula is C30H33N5O2. The van der Waals surface area contributed by atoms with Crippen LogP contribution in [0.25, 0.3) is 11.0 Å². The van der Waals surface area contributed by atoms with Crippen LogP contribution in [0.1, 0.15) is 65.5 Å². The molecule has 1 atom stereocenters. The zero-order valence-corrected chi connectivity index (χ0v) is 21.7. The van der Waals surface area contributed by atoms with E-state index in [2.05, 4.69) is 53.0 Å². The Morgan fingerprint density at radius 3 is 2.70 bits per heavy atom. The fourth-order valence-electron chi connectivity index (χ4n) is 5.50. The molecule has 1 aliphatic rings. The van der Waals surface area contributed by atoms with Crippen molar-refractivity contribution in [3.63, 3.8) is 0 Å². The molecule has 2 aromatic carbocycles. The van der Waals surface area contributed by atoms with Crippen molar-refractivity contribution >= 4 is 28.5 Å². The zero-order valence-electron chi connectivity index (χ0n) is 21.7. The second-order valence-corrected chi connectivity index (χ2v) is 9.85. The first-order valence-corrected chi connectivity index (χ1v) is 13.0. The number of fused-ring (bicyclic) bond motifs is 1. The number of carbonyl (C=O) groups is 2. The van der Waals surface area contributed by atoms with E-state index in [4.69, 9.17) is 4.98 Å². The minimum absolute atomic E-state index is 0.0227. The van der Waals surface area contributed by atoms with Gasteiger partial charge in [0.1, 0.15) is 5.82 Å². The van der Waals surface area contributed by atoms with E-state index in [1.54, 1.807) is 6.20 Å². The van der Waals surface area contributed by atoms with Crippen LogP contribution in [-0.2, 0) is 17.8 Å². The number of rotatable bonds is 6. The van der Waals surface area contributed by atoms with E-state index in [0.29, 0.717) is 42.3 Å². The highest BCUT2D eigenvalue weighted by Gasteiger charge is 2.29. The first-order chi connectivity index (χ1) is 17.9. The second kappa shape index (κ2) is 10.5. The molecule has 1 fully saturated rings. The molecule has 7 heteroatoms. The number of carbonyl (C=O) groups excluding carboxylic acids is 2. The predicted octanol–water partition coefficient (Wildman–Crippen LogP) is 5.33. The first-order valence-electron chi connectivity index (χ1n) is 13.0. The van der Waals surface area contributed by atoms with E-state index in [1.165, 1.54) is 18.1 Å². The number of anilines is 1. The second-order valence-electron chi connectivity index (χ2n) is 9.85. The first kappa shape index (κ1) is 24.7. The summed E-state index contributed by atoms with van der Waals surface area (Å²) in [4.78, 5) is 37.2. The molecule has 0 unspecified atom stereocenters. The predicted molar refractivity (Wildman–Crippen MR) is 146 cm³/mol. The van der Waals surface area contributed by atoms with E-state index in [1.807, 2.05) is 35.4 Å². The highest BCUT2D eigenvalue weighted by atomic mass is 16.2. The molecule has 7 nitrogen and oxygen atoms in total. The van der Waals surface area contributed by atoms with Crippen LogP contribution in [0.5, 0.6) is 0 Å². The molecular weight excluding hydrogens is 462 g/mol. The summed E-state index contributed by atoms with van der Waals surface area (Å²) in [5.41, 5.74) is 6.29. The summed E-state index contributed by atoms with van der Waals surface area (Å²) in [5, 5.41) is 2.86. The monoisotopic (exact) mass is 495 g/mol. The Morgan fingerprint density at radius 1 is 1.14 bits per heavy atom. The van der Waals surface area contributed by atoms with Gasteiger partial charge in [-0.1, -0.05) is 37.3 Å². The molecule has 5 rings (SSSR count). The maximum atomic E-state index is 14.2. The van der Waals surface area contributed by atoms with Crippen LogP contribution in [0, 0.1) is 6.92 Å². The number of hydrogen-bond acceptors (Lipinski definition) is 4. The number of pyridine rings is 1. The van der Waals surface area contributed by atoms with Crippen molar-refractivity contribution in [3.05, 3.63) is 89.0 Å². The van der Waals surface area contributed by atoms with Crippen molar-refractivity contribution in [2.24, 2.45) is 0 Å². The van der Waals surface area contributed by atoms with Gasteiger partial charge >= 0.3 is 0 Å². The summed E-state index contributed by atoms with van der Waals surface area (Å²) in [5.74, 6) is 0.995. The third-order valence-electron chi connectivity index (χ3n) is 7.19. The van der Waals surface area contributed by atoms with Crippen molar-refractivity contribution in [1.29, 1.82) is 0 Å². The largest absolute Gasteiger partial charge is 0.338 e. The molecule has 0 bridgehead atoms. The third kappa shape index (κ3) is 5.12. The summed E-state index contributed by atoms with van der Waals surface area (Å²) in [6.07, 6.45) is 6.34. The minimum Gasteiger partial charge on any atom is -0.338 e. The number of piperidine rings is 1. The van der Waals surface area contributed by atoms with Gasteiger partial charge in [-0.25, -0.2) is 4.98 Å². The van der Waals surface area contributed by atoms with Gasteiger partial charge in [-0.2, -0.15) is 0 Å². The lowest BCUT2D eigenvalue weighted by molar-refractivity contribution is -0.114. The summed E-state index contributed by atoms with van der Waals surface area (Å²) < 4.78 is 2.12. The normalized spacial score (nSPS) is 15.6. The number of hydrogen-bond donors (Lipinski definition) is 1. The topological polar surface area (TPSA) is 80.1 Å². The van der Waals surface area contributed by atoms with Gasteiger partial charge in [0.05, 0.1) is 23.1 Å². The molecule has 3 heterocycles. The SMILES string of the molecule is CCc1nc2cc(NC(C)=O)cc(C(=O)N3CCC[C@@H](c4ccccc4C)C3)c2n1Cc1cccnc1. The maximum Gasteiger partial charge on any atom is 0.256 e. The van der Waals surface area contributed by atoms with Crippen LogP contribution in [0.4, 0.5) is 5.69 Å². The molecule has 0 aliphatic carbocycles. The van der Waals surface area contributed by atoms with Crippen LogP contribution >= 0.6 is 0 Å². The lowest BCUT2D eigenvalue weighted by atomic mass is 9.87. The van der Waals surface area contributed by atoms with Gasteiger partial charge in [-0.05, 0) is 54.7 Å². The molecule has 0 saturated carbocycles. The number of benzene rings is 2. The fourth-order valence-corrected chi connectivity index (χ4v) is 5.50. The summed E-state index contributed by atoms with van der Waals surface area (Å²) >= 11 is 0. The average molecular weight is 496 g/mol. The maximum absolute atomic E-state index is 14.2. The van der Waals surface area contributed by atoms with E-state index in [-0.39, 0.29) is 11.8 Å². The Morgan fingerprint density at radius 2 is 1.97 bits per heavy atom. The standard InChI is InChI=1S/C30H33N5O2/c1-4-28-33-27-16-24(32-21(3)36)15-26(29(27)35(28)18-22-10-7-13-31-17-22)30(37)34-14-8-11-23(19-34)25-12-6-5-9-20(25)2/h5-7,9-10,12-13,15-17,23H,4,8,11,14,18-19H2,1-3H3,(H,32,36)/t23-/m1/s1. The van der Waals surface area contributed by atoms with Crippen molar-refractivity contribution < 1.29 is 9.59 Å². The van der Waals surface area contributed by atoms with E-state index < -0.39 is 0 Å². The molecule has 0 radical (unpaired) electrons. The number of amides is 2.